The maximum absolute atomic E-state index is 13.5. The molecule has 3 aromatic carbocycles. The molecule has 0 aliphatic carbocycles. The van der Waals surface area contributed by atoms with Crippen LogP contribution >= 0.6 is 0 Å². The Balaban J connectivity index is 1.76. The van der Waals surface area contributed by atoms with Crippen molar-refractivity contribution in [1.29, 1.82) is 0 Å². The number of halogens is 1. The quantitative estimate of drug-likeness (QED) is 0.389. The summed E-state index contributed by atoms with van der Waals surface area (Å²) < 4.78 is 57.6. The summed E-state index contributed by atoms with van der Waals surface area (Å²) in [6.07, 6.45) is 0. The van der Waals surface area contributed by atoms with Gasteiger partial charge in [0.2, 0.25) is 5.91 Å². The lowest BCUT2D eigenvalue weighted by Crippen LogP contribution is -2.42. The molecule has 8 nitrogen and oxygen atoms in total. The minimum atomic E-state index is -4.22. The van der Waals surface area contributed by atoms with Gasteiger partial charge in [0.05, 0.1) is 31.3 Å². The third-order valence-corrected chi connectivity index (χ3v) is 7.13. The molecule has 0 saturated heterocycles. The number of nitrogens with one attached hydrogen (secondary N) is 1. The SMILES string of the molecule is COc1ccc(S(=O)(=O)N(CC(=O)NCCOc2ccc(C)cc2C)c2ccc(F)cc2)cc1OC. The summed E-state index contributed by atoms with van der Waals surface area (Å²) in [6.45, 7) is 3.76. The van der Waals surface area contributed by atoms with Crippen LogP contribution in [0.1, 0.15) is 11.1 Å². The molecule has 0 aliphatic heterocycles. The van der Waals surface area contributed by atoms with Crippen LogP contribution in [-0.2, 0) is 14.8 Å². The lowest BCUT2D eigenvalue weighted by atomic mass is 10.1. The summed E-state index contributed by atoms with van der Waals surface area (Å²) in [7, 11) is -1.40. The van der Waals surface area contributed by atoms with Crippen LogP contribution in [0.25, 0.3) is 0 Å². The van der Waals surface area contributed by atoms with E-state index in [0.29, 0.717) is 11.5 Å². The topological polar surface area (TPSA) is 94.2 Å². The van der Waals surface area contributed by atoms with Gasteiger partial charge in [-0.1, -0.05) is 17.7 Å². The number of methoxy groups -OCH3 is 2. The molecular weight excluding hydrogens is 487 g/mol. The summed E-state index contributed by atoms with van der Waals surface area (Å²) in [5.41, 5.74) is 2.22. The number of rotatable bonds is 11. The summed E-state index contributed by atoms with van der Waals surface area (Å²) in [5.74, 6) is 0.193. The van der Waals surface area contributed by atoms with Gasteiger partial charge < -0.3 is 19.5 Å². The van der Waals surface area contributed by atoms with Crippen molar-refractivity contribution in [3.8, 4) is 17.2 Å². The number of ether oxygens (including phenoxy) is 3. The van der Waals surface area contributed by atoms with Gasteiger partial charge >= 0.3 is 0 Å². The van der Waals surface area contributed by atoms with E-state index in [1.807, 2.05) is 32.0 Å². The third-order valence-electron chi connectivity index (χ3n) is 5.36. The van der Waals surface area contributed by atoms with Crippen LogP contribution in [0.4, 0.5) is 10.1 Å². The molecule has 0 saturated carbocycles. The van der Waals surface area contributed by atoms with Crippen molar-refractivity contribution in [2.24, 2.45) is 0 Å². The number of carbonyl (C=O) groups is 1. The van der Waals surface area contributed by atoms with Gasteiger partial charge in [-0.2, -0.15) is 0 Å². The molecule has 36 heavy (non-hydrogen) atoms. The Bertz CT molecular complexity index is 1310. The van der Waals surface area contributed by atoms with Crippen LogP contribution in [0.2, 0.25) is 0 Å². The number of aryl methyl sites for hydroxylation is 2. The van der Waals surface area contributed by atoms with Crippen molar-refractivity contribution in [3.63, 3.8) is 0 Å². The predicted octanol–water partition coefficient (Wildman–Crippen LogP) is 3.85. The van der Waals surface area contributed by atoms with Crippen molar-refractivity contribution in [2.75, 3.05) is 38.2 Å². The van der Waals surface area contributed by atoms with Gasteiger partial charge in [-0.3, -0.25) is 9.10 Å². The van der Waals surface area contributed by atoms with E-state index < -0.39 is 28.3 Å². The first-order chi connectivity index (χ1) is 17.1. The number of hydrogen-bond donors (Lipinski definition) is 1. The first-order valence-electron chi connectivity index (χ1n) is 11.1. The Morgan fingerprint density at radius 3 is 2.22 bits per heavy atom. The fourth-order valence-corrected chi connectivity index (χ4v) is 4.96. The van der Waals surface area contributed by atoms with Gasteiger partial charge in [0.1, 0.15) is 24.7 Å². The van der Waals surface area contributed by atoms with Crippen molar-refractivity contribution in [2.45, 2.75) is 18.7 Å². The zero-order valence-electron chi connectivity index (χ0n) is 20.6. The highest BCUT2D eigenvalue weighted by molar-refractivity contribution is 7.92. The van der Waals surface area contributed by atoms with E-state index in [4.69, 9.17) is 14.2 Å². The van der Waals surface area contributed by atoms with Gasteiger partial charge in [-0.05, 0) is 61.9 Å². The van der Waals surface area contributed by atoms with E-state index in [1.165, 1.54) is 44.6 Å². The highest BCUT2D eigenvalue weighted by Crippen LogP contribution is 2.32. The van der Waals surface area contributed by atoms with E-state index in [-0.39, 0.29) is 29.5 Å². The Morgan fingerprint density at radius 1 is 0.917 bits per heavy atom. The molecule has 0 unspecified atom stereocenters. The maximum Gasteiger partial charge on any atom is 0.264 e. The molecule has 0 aromatic heterocycles. The van der Waals surface area contributed by atoms with Crippen molar-refractivity contribution >= 4 is 21.6 Å². The van der Waals surface area contributed by atoms with E-state index >= 15 is 0 Å². The molecule has 0 bridgehead atoms. The maximum atomic E-state index is 13.5. The highest BCUT2D eigenvalue weighted by Gasteiger charge is 2.28. The molecular formula is C26H29FN2O6S. The molecule has 10 heteroatoms. The molecule has 192 valence electrons. The van der Waals surface area contributed by atoms with Crippen LogP contribution in [0.5, 0.6) is 17.2 Å². The van der Waals surface area contributed by atoms with E-state index in [2.05, 4.69) is 5.32 Å². The van der Waals surface area contributed by atoms with E-state index in [9.17, 15) is 17.6 Å². The molecule has 0 atom stereocenters. The van der Waals surface area contributed by atoms with Crippen LogP contribution in [0.3, 0.4) is 0 Å². The van der Waals surface area contributed by atoms with Crippen molar-refractivity contribution < 1.29 is 31.8 Å². The number of hydrogen-bond acceptors (Lipinski definition) is 6. The lowest BCUT2D eigenvalue weighted by molar-refractivity contribution is -0.119. The van der Waals surface area contributed by atoms with Gasteiger partial charge in [0.15, 0.2) is 11.5 Å². The van der Waals surface area contributed by atoms with Crippen molar-refractivity contribution in [1.82, 2.24) is 5.32 Å². The number of anilines is 1. The minimum Gasteiger partial charge on any atom is -0.493 e. The normalized spacial score (nSPS) is 11.0. The summed E-state index contributed by atoms with van der Waals surface area (Å²) in [6, 6.07) is 14.7. The first-order valence-corrected chi connectivity index (χ1v) is 12.6. The highest BCUT2D eigenvalue weighted by atomic mass is 32.2. The molecule has 0 aliphatic rings. The molecule has 3 aromatic rings. The Kier molecular flexibility index (Phi) is 8.76. The zero-order valence-corrected chi connectivity index (χ0v) is 21.4. The first kappa shape index (κ1) is 26.8. The third kappa shape index (κ3) is 6.45. The standard InChI is InChI=1S/C26H29FN2O6S/c1-18-5-11-23(19(2)15-18)35-14-13-28-26(30)17-29(21-8-6-20(27)7-9-21)36(31,32)22-10-12-24(33-3)25(16-22)34-4/h5-12,15-16H,13-14,17H2,1-4H3,(H,28,30). The van der Waals surface area contributed by atoms with Crippen LogP contribution in [0.15, 0.2) is 65.6 Å². The second-order valence-corrected chi connectivity index (χ2v) is 9.83. The largest absolute Gasteiger partial charge is 0.493 e. The summed E-state index contributed by atoms with van der Waals surface area (Å²) >= 11 is 0. The Labute approximate surface area is 210 Å². The number of carbonyl (C=O) groups excluding carboxylic acids is 1. The average Bonchev–Trinajstić information content (AvgIpc) is 2.86. The minimum absolute atomic E-state index is 0.115. The molecule has 0 heterocycles. The molecule has 0 spiro atoms. The van der Waals surface area contributed by atoms with E-state index in [0.717, 1.165) is 27.6 Å². The average molecular weight is 517 g/mol. The van der Waals surface area contributed by atoms with Crippen molar-refractivity contribution in [3.05, 3.63) is 77.6 Å². The smallest absolute Gasteiger partial charge is 0.264 e. The molecule has 1 amide bonds. The number of sulfonamides is 1. The van der Waals surface area contributed by atoms with Gasteiger partial charge in [0.25, 0.3) is 10.0 Å². The zero-order chi connectivity index (χ0) is 26.3. The molecule has 0 radical (unpaired) electrons. The second kappa shape index (κ2) is 11.8. The molecule has 3 rings (SSSR count). The number of nitrogens with zero attached hydrogens (tertiary/aromatic N) is 1. The Morgan fingerprint density at radius 2 is 1.58 bits per heavy atom. The second-order valence-electron chi connectivity index (χ2n) is 7.97. The van der Waals surface area contributed by atoms with Gasteiger partial charge in [0, 0.05) is 6.07 Å². The van der Waals surface area contributed by atoms with Crippen LogP contribution < -0.4 is 23.8 Å². The summed E-state index contributed by atoms with van der Waals surface area (Å²) in [5, 5.41) is 2.67. The molecule has 0 fully saturated rings. The molecule has 1 N–H and O–H groups in total. The van der Waals surface area contributed by atoms with Crippen LogP contribution in [0, 0.1) is 19.7 Å². The van der Waals surface area contributed by atoms with Crippen LogP contribution in [-0.4, -0.2) is 48.2 Å². The Hall–Kier alpha value is -3.79. The van der Waals surface area contributed by atoms with E-state index in [1.54, 1.807) is 0 Å². The monoisotopic (exact) mass is 516 g/mol. The summed E-state index contributed by atoms with van der Waals surface area (Å²) in [4.78, 5) is 12.6. The number of benzene rings is 3. The lowest BCUT2D eigenvalue weighted by Gasteiger charge is -2.24. The fraction of sp³-hybridized carbons (Fsp3) is 0.269. The number of amides is 1. The predicted molar refractivity (Wildman–Crippen MR) is 135 cm³/mol. The van der Waals surface area contributed by atoms with Gasteiger partial charge in [-0.25, -0.2) is 12.8 Å². The fourth-order valence-electron chi connectivity index (χ4n) is 3.53. The van der Waals surface area contributed by atoms with Gasteiger partial charge in [-0.15, -0.1) is 0 Å².